The number of benzene rings is 5. The molecule has 9 nitrogen and oxygen atoms in total. The molecule has 4 atom stereocenters. The van der Waals surface area contributed by atoms with Crippen molar-refractivity contribution in [3.8, 4) is 0 Å². The van der Waals surface area contributed by atoms with Gasteiger partial charge < -0.3 is 30.9 Å². The number of aliphatic hydroxyl groups is 1. The highest BCUT2D eigenvalue weighted by atomic mass is 16.7. The summed E-state index contributed by atoms with van der Waals surface area (Å²) in [7, 11) is 2.13. The number of carbonyl (C=O) groups is 2. The van der Waals surface area contributed by atoms with Gasteiger partial charge in [-0.1, -0.05) is 84.9 Å². The first-order chi connectivity index (χ1) is 25.2. The number of ether oxygens (including phenoxy) is 2. The number of nitrogen functional groups attached to an aromatic ring is 1. The number of rotatable bonds is 14. The van der Waals surface area contributed by atoms with Gasteiger partial charge in [-0.25, -0.2) is 0 Å². The number of hydrogen-bond donors (Lipinski definition) is 4. The maximum absolute atomic E-state index is 12.7. The number of fused-ring (bicyclic) bond motifs is 1. The zero-order valence-electron chi connectivity index (χ0n) is 29.8. The topological polar surface area (TPSA) is 126 Å². The molecule has 52 heavy (non-hydrogen) atoms. The smallest absolute Gasteiger partial charge is 0.224 e. The third-order valence-electron chi connectivity index (χ3n) is 9.78. The van der Waals surface area contributed by atoms with E-state index in [-0.39, 0.29) is 36.7 Å². The minimum atomic E-state index is -0.604. The van der Waals surface area contributed by atoms with Gasteiger partial charge in [-0.15, -0.1) is 0 Å². The second-order valence-corrected chi connectivity index (χ2v) is 13.6. The fourth-order valence-corrected chi connectivity index (χ4v) is 6.58. The van der Waals surface area contributed by atoms with Crippen molar-refractivity contribution >= 4 is 39.6 Å². The average molecular weight is 701 g/mol. The van der Waals surface area contributed by atoms with E-state index < -0.39 is 6.29 Å². The maximum Gasteiger partial charge on any atom is 0.224 e. The van der Waals surface area contributed by atoms with Crippen LogP contribution in [0.5, 0.6) is 0 Å². The van der Waals surface area contributed by atoms with Crippen LogP contribution in [0, 0.1) is 0 Å². The van der Waals surface area contributed by atoms with Gasteiger partial charge in [0.15, 0.2) is 6.29 Å². The van der Waals surface area contributed by atoms with Gasteiger partial charge in [-0.3, -0.25) is 14.5 Å². The van der Waals surface area contributed by atoms with Crippen LogP contribution in [0.25, 0.3) is 10.8 Å². The van der Waals surface area contributed by atoms with Crippen LogP contribution in [0.1, 0.15) is 79.7 Å². The molecular formula is C43H48N4O5. The molecule has 5 aromatic carbocycles. The van der Waals surface area contributed by atoms with Crippen LogP contribution in [0.2, 0.25) is 0 Å². The lowest BCUT2D eigenvalue weighted by Gasteiger charge is -2.39. The third-order valence-corrected chi connectivity index (χ3v) is 9.78. The Kier molecular flexibility index (Phi) is 12.3. The number of nitrogens with one attached hydrogen (secondary N) is 2. The summed E-state index contributed by atoms with van der Waals surface area (Å²) >= 11 is 0. The van der Waals surface area contributed by atoms with Crippen LogP contribution < -0.4 is 16.4 Å². The summed E-state index contributed by atoms with van der Waals surface area (Å²) in [5.41, 5.74) is 11.7. The van der Waals surface area contributed by atoms with Gasteiger partial charge in [0.1, 0.15) is 0 Å². The van der Waals surface area contributed by atoms with Gasteiger partial charge in [0.05, 0.1) is 30.2 Å². The molecule has 5 N–H and O–H groups in total. The maximum atomic E-state index is 12.7. The first-order valence-corrected chi connectivity index (χ1v) is 18.0. The zero-order chi connectivity index (χ0) is 36.5. The summed E-state index contributed by atoms with van der Waals surface area (Å²) in [5, 5.41) is 17.8. The predicted octanol–water partition coefficient (Wildman–Crippen LogP) is 8.29. The Bertz CT molecular complexity index is 1950. The molecule has 270 valence electrons. The number of para-hydroxylation sites is 2. The van der Waals surface area contributed by atoms with Gasteiger partial charge in [0.25, 0.3) is 0 Å². The van der Waals surface area contributed by atoms with Crippen molar-refractivity contribution in [2.24, 2.45) is 0 Å². The molecule has 0 spiro atoms. The summed E-state index contributed by atoms with van der Waals surface area (Å²) in [4.78, 5) is 27.3. The molecule has 0 saturated carbocycles. The number of hydrogen-bond acceptors (Lipinski definition) is 7. The molecule has 6 rings (SSSR count). The first kappa shape index (κ1) is 36.7. The Hall–Kier alpha value is -5.06. The van der Waals surface area contributed by atoms with Crippen LogP contribution in [0.3, 0.4) is 0 Å². The number of aliphatic hydroxyl groups excluding tert-OH is 1. The number of nitrogens with zero attached hydrogens (tertiary/aromatic N) is 1. The number of amides is 2. The molecule has 0 radical (unpaired) electrons. The molecule has 5 aromatic rings. The quantitative estimate of drug-likeness (QED) is 0.0679. The van der Waals surface area contributed by atoms with Crippen molar-refractivity contribution in [1.29, 1.82) is 0 Å². The molecule has 1 saturated heterocycles. The molecule has 0 aromatic heterocycles. The Balaban J connectivity index is 1.05. The van der Waals surface area contributed by atoms with Gasteiger partial charge in [-0.05, 0) is 84.6 Å². The lowest BCUT2D eigenvalue weighted by atomic mass is 9.98. The second-order valence-electron chi connectivity index (χ2n) is 13.6. The summed E-state index contributed by atoms with van der Waals surface area (Å²) in [5.74, 6) is -0.237. The summed E-state index contributed by atoms with van der Waals surface area (Å²) in [6, 6.07) is 37.8. The summed E-state index contributed by atoms with van der Waals surface area (Å²) in [6.45, 7) is 2.91. The predicted molar refractivity (Wildman–Crippen MR) is 206 cm³/mol. The fourth-order valence-electron chi connectivity index (χ4n) is 6.58. The summed E-state index contributed by atoms with van der Waals surface area (Å²) in [6.07, 6.45) is 1.55. The molecule has 9 heteroatoms. The van der Waals surface area contributed by atoms with E-state index >= 15 is 0 Å². The average Bonchev–Trinajstić information content (AvgIpc) is 3.17. The molecule has 0 bridgehead atoms. The van der Waals surface area contributed by atoms with Crippen LogP contribution >= 0.6 is 0 Å². The highest BCUT2D eigenvalue weighted by Gasteiger charge is 2.33. The van der Waals surface area contributed by atoms with E-state index in [0.717, 1.165) is 16.7 Å². The molecule has 1 aliphatic heterocycles. The fraction of sp³-hybridized carbons (Fsp3) is 0.302. The van der Waals surface area contributed by atoms with Crippen molar-refractivity contribution in [1.82, 2.24) is 4.90 Å². The Morgan fingerprint density at radius 2 is 1.46 bits per heavy atom. The van der Waals surface area contributed by atoms with Crippen molar-refractivity contribution in [3.05, 3.63) is 138 Å². The Morgan fingerprint density at radius 1 is 0.808 bits per heavy atom. The highest BCUT2D eigenvalue weighted by Crippen LogP contribution is 2.39. The minimum absolute atomic E-state index is 0.0116. The SMILES string of the molecule is C[C@H](c1ccc2ccccc2c1)N(C)C[C@@H]1C[C@H](c2ccc(CO)cc2)O[C@H](c2ccc(NC(=O)CCCCC(=O)Nc3ccccc3N)cc2)O1. The highest BCUT2D eigenvalue weighted by molar-refractivity contribution is 5.94. The van der Waals surface area contributed by atoms with Crippen molar-refractivity contribution in [2.75, 3.05) is 30.0 Å². The van der Waals surface area contributed by atoms with Gasteiger partial charge >= 0.3 is 0 Å². The van der Waals surface area contributed by atoms with E-state index in [1.807, 2.05) is 60.7 Å². The third kappa shape index (κ3) is 9.63. The number of unbranched alkanes of at least 4 members (excludes halogenated alkanes) is 1. The monoisotopic (exact) mass is 700 g/mol. The van der Waals surface area contributed by atoms with E-state index in [0.29, 0.717) is 55.7 Å². The Morgan fingerprint density at radius 3 is 2.17 bits per heavy atom. The number of anilines is 3. The van der Waals surface area contributed by atoms with Crippen LogP contribution in [0.4, 0.5) is 17.1 Å². The molecule has 1 heterocycles. The van der Waals surface area contributed by atoms with E-state index in [9.17, 15) is 14.7 Å². The van der Waals surface area contributed by atoms with Gasteiger partial charge in [0.2, 0.25) is 11.8 Å². The van der Waals surface area contributed by atoms with Crippen LogP contribution in [-0.4, -0.2) is 41.5 Å². The van der Waals surface area contributed by atoms with Crippen molar-refractivity contribution in [2.45, 2.75) is 70.2 Å². The molecule has 1 aliphatic rings. The lowest BCUT2D eigenvalue weighted by Crippen LogP contribution is -2.38. The molecular weight excluding hydrogens is 652 g/mol. The number of nitrogens with two attached hydrogens (primary N) is 1. The van der Waals surface area contributed by atoms with Crippen molar-refractivity contribution < 1.29 is 24.2 Å². The molecule has 2 amide bonds. The normalized spacial score (nSPS) is 17.9. The van der Waals surface area contributed by atoms with Gasteiger partial charge in [-0.2, -0.15) is 0 Å². The van der Waals surface area contributed by atoms with Crippen LogP contribution in [0.15, 0.2) is 115 Å². The Labute approximate surface area is 305 Å². The zero-order valence-corrected chi connectivity index (χ0v) is 29.8. The van der Waals surface area contributed by atoms with Crippen molar-refractivity contribution in [3.63, 3.8) is 0 Å². The number of likely N-dealkylation sites (N-methyl/N-ethyl adjacent to an activating group) is 1. The molecule has 1 fully saturated rings. The molecule has 0 aliphatic carbocycles. The van der Waals surface area contributed by atoms with Gasteiger partial charge in [0, 0.05) is 43.1 Å². The van der Waals surface area contributed by atoms with E-state index in [4.69, 9.17) is 15.2 Å². The minimum Gasteiger partial charge on any atom is -0.397 e. The van der Waals surface area contributed by atoms with E-state index in [1.54, 1.807) is 12.1 Å². The lowest BCUT2D eigenvalue weighted by molar-refractivity contribution is -0.253. The number of carbonyl (C=O) groups excluding carboxylic acids is 2. The first-order valence-electron chi connectivity index (χ1n) is 18.0. The second kappa shape index (κ2) is 17.4. The summed E-state index contributed by atoms with van der Waals surface area (Å²) < 4.78 is 13.2. The molecule has 0 unspecified atom stereocenters. The largest absolute Gasteiger partial charge is 0.397 e. The standard InChI is InChI=1S/C43H48N4O5/c1-29(34-20-19-31-9-3-4-10-35(31)25-34)47(2)27-37-26-40(32-17-15-30(28-48)16-18-32)52-43(51-37)33-21-23-36(24-22-33)45-41(49)13-7-8-14-42(50)46-39-12-6-5-11-38(39)44/h3-6,9-12,15-25,29,37,40,43,48H,7-8,13-14,26-28,44H2,1-2H3,(H,45,49)(H,46,50)/t29-,37+,40-,43-/m1/s1. The van der Waals surface area contributed by atoms with Crippen LogP contribution in [-0.2, 0) is 25.7 Å². The van der Waals surface area contributed by atoms with E-state index in [1.165, 1.54) is 16.3 Å². The van der Waals surface area contributed by atoms with E-state index in [2.05, 4.69) is 72.0 Å².